The largest absolute Gasteiger partial charge is 0.394 e. The maximum absolute atomic E-state index is 12.3. The molecule has 4 atom stereocenters. The highest BCUT2D eigenvalue weighted by Gasteiger charge is 2.17. The van der Waals surface area contributed by atoms with Gasteiger partial charge in [-0.2, -0.15) is 0 Å². The second-order valence-corrected chi connectivity index (χ2v) is 11.6. The van der Waals surface area contributed by atoms with E-state index < -0.39 is 24.4 Å². The van der Waals surface area contributed by atoms with Crippen LogP contribution in [-0.4, -0.2) is 57.3 Å². The summed E-state index contributed by atoms with van der Waals surface area (Å²) >= 11 is 0. The molecule has 0 radical (unpaired) electrons. The standard InChI is InChI=1S/C39H65NO5/c1-3-5-7-8-9-10-11-12-13-17-20-26-32-38(44)37(34-41)40-39(45)33-27-21-25-31-36(43)30-24-19-16-14-15-18-23-29-35(42)28-22-6-4-2/h6,15-16,18-19,22-26,29-32,35-38,41-44H,3-5,7-14,17,20-21,27-28,33-34H2,1-2H3,(H,40,45)/b18-15-,19-16-,22-6-,29-23+,30-24+,31-25-,32-26+/t35-,36-,37-,38+/m0/s1. The Kier molecular flexibility index (Phi) is 31.0. The third kappa shape index (κ3) is 29.9. The molecular weight excluding hydrogens is 562 g/mol. The number of carbonyl (C=O) groups excluding carboxylic acids is 1. The van der Waals surface area contributed by atoms with Gasteiger partial charge in [0, 0.05) is 6.42 Å². The number of hydrogen-bond acceptors (Lipinski definition) is 5. The van der Waals surface area contributed by atoms with Gasteiger partial charge in [0.25, 0.3) is 0 Å². The lowest BCUT2D eigenvalue weighted by atomic mass is 10.1. The van der Waals surface area contributed by atoms with E-state index in [4.69, 9.17) is 0 Å². The molecule has 0 aromatic carbocycles. The van der Waals surface area contributed by atoms with Crippen LogP contribution in [0.3, 0.4) is 0 Å². The Morgan fingerprint density at radius 2 is 1.24 bits per heavy atom. The number of allylic oxidation sites excluding steroid dienone is 9. The molecule has 0 fully saturated rings. The topological polar surface area (TPSA) is 110 Å². The van der Waals surface area contributed by atoms with E-state index in [9.17, 15) is 25.2 Å². The molecule has 6 nitrogen and oxygen atoms in total. The lowest BCUT2D eigenvalue weighted by Gasteiger charge is -2.19. The van der Waals surface area contributed by atoms with Gasteiger partial charge in [0.2, 0.25) is 5.91 Å². The lowest BCUT2D eigenvalue weighted by Crippen LogP contribution is -2.45. The van der Waals surface area contributed by atoms with Crippen LogP contribution in [0.1, 0.15) is 123 Å². The average molecular weight is 628 g/mol. The van der Waals surface area contributed by atoms with Crippen molar-refractivity contribution >= 4 is 5.91 Å². The summed E-state index contributed by atoms with van der Waals surface area (Å²) in [4.78, 5) is 12.3. The summed E-state index contributed by atoms with van der Waals surface area (Å²) < 4.78 is 0. The zero-order valence-corrected chi connectivity index (χ0v) is 28.3. The summed E-state index contributed by atoms with van der Waals surface area (Å²) in [6, 6.07) is -0.713. The Morgan fingerprint density at radius 3 is 1.89 bits per heavy atom. The van der Waals surface area contributed by atoms with Crippen LogP contribution in [0.4, 0.5) is 0 Å². The number of carbonyl (C=O) groups is 1. The Hall–Kier alpha value is -2.51. The van der Waals surface area contributed by atoms with Crippen molar-refractivity contribution in [2.24, 2.45) is 0 Å². The number of hydrogen-bond donors (Lipinski definition) is 5. The Bertz CT molecular complexity index is 886. The highest BCUT2D eigenvalue weighted by atomic mass is 16.3. The summed E-state index contributed by atoms with van der Waals surface area (Å²) in [6.45, 7) is 3.99. The van der Waals surface area contributed by atoms with Crippen LogP contribution in [0.2, 0.25) is 0 Å². The van der Waals surface area contributed by atoms with Crippen LogP contribution in [-0.2, 0) is 4.79 Å². The molecule has 0 heterocycles. The van der Waals surface area contributed by atoms with E-state index in [2.05, 4.69) is 19.2 Å². The molecule has 256 valence electrons. The number of aliphatic hydroxyl groups is 4. The quantitative estimate of drug-likeness (QED) is 0.0327. The molecule has 0 saturated carbocycles. The predicted octanol–water partition coefficient (Wildman–Crippen LogP) is 8.11. The van der Waals surface area contributed by atoms with Crippen molar-refractivity contribution in [2.45, 2.75) is 147 Å². The van der Waals surface area contributed by atoms with Crippen molar-refractivity contribution < 1.29 is 25.2 Å². The van der Waals surface area contributed by atoms with Crippen LogP contribution in [0.25, 0.3) is 0 Å². The summed E-state index contributed by atoms with van der Waals surface area (Å²) in [5.41, 5.74) is 0. The van der Waals surface area contributed by atoms with Crippen molar-refractivity contribution in [1.29, 1.82) is 0 Å². The van der Waals surface area contributed by atoms with Crippen LogP contribution >= 0.6 is 0 Å². The van der Waals surface area contributed by atoms with Crippen LogP contribution in [0, 0.1) is 0 Å². The number of rotatable bonds is 29. The van der Waals surface area contributed by atoms with Crippen molar-refractivity contribution in [2.75, 3.05) is 6.61 Å². The first-order valence-corrected chi connectivity index (χ1v) is 17.5. The third-order valence-electron chi connectivity index (χ3n) is 7.31. The number of nitrogens with one attached hydrogen (secondary N) is 1. The molecule has 45 heavy (non-hydrogen) atoms. The first-order chi connectivity index (χ1) is 21.9. The van der Waals surface area contributed by atoms with E-state index in [1.54, 1.807) is 30.4 Å². The summed E-state index contributed by atoms with van der Waals surface area (Å²) in [7, 11) is 0. The number of amides is 1. The molecular formula is C39H65NO5. The number of unbranched alkanes of at least 4 members (excludes halogenated alkanes) is 11. The highest BCUT2D eigenvalue weighted by Crippen LogP contribution is 2.12. The summed E-state index contributed by atoms with van der Waals surface area (Å²) in [5, 5.41) is 42.6. The third-order valence-corrected chi connectivity index (χ3v) is 7.31. The van der Waals surface area contributed by atoms with E-state index in [1.165, 1.54) is 57.8 Å². The summed E-state index contributed by atoms with van der Waals surface area (Å²) in [6.07, 6.45) is 41.6. The van der Waals surface area contributed by atoms with E-state index in [0.717, 1.165) is 25.7 Å². The molecule has 0 bridgehead atoms. The Morgan fingerprint density at radius 1 is 0.644 bits per heavy atom. The maximum Gasteiger partial charge on any atom is 0.220 e. The molecule has 0 saturated heterocycles. The summed E-state index contributed by atoms with van der Waals surface area (Å²) in [5.74, 6) is -0.208. The molecule has 0 aromatic rings. The van der Waals surface area contributed by atoms with Gasteiger partial charge in [-0.3, -0.25) is 4.79 Å². The van der Waals surface area contributed by atoms with Crippen molar-refractivity contribution in [3.05, 3.63) is 85.1 Å². The maximum atomic E-state index is 12.3. The van der Waals surface area contributed by atoms with Crippen molar-refractivity contribution in [3.8, 4) is 0 Å². The molecule has 1 amide bonds. The first kappa shape index (κ1) is 42.5. The molecule has 6 heteroatoms. The molecule has 0 aliphatic rings. The minimum atomic E-state index is -0.914. The average Bonchev–Trinajstić information content (AvgIpc) is 3.03. The fourth-order valence-corrected chi connectivity index (χ4v) is 4.56. The van der Waals surface area contributed by atoms with Crippen LogP contribution in [0.5, 0.6) is 0 Å². The zero-order chi connectivity index (χ0) is 33.2. The van der Waals surface area contributed by atoms with E-state index in [-0.39, 0.29) is 18.9 Å². The normalized spacial score (nSPS) is 15.6. The van der Waals surface area contributed by atoms with Gasteiger partial charge in [-0.15, -0.1) is 0 Å². The second-order valence-electron chi connectivity index (χ2n) is 11.6. The fourth-order valence-electron chi connectivity index (χ4n) is 4.56. The van der Waals surface area contributed by atoms with E-state index in [0.29, 0.717) is 19.3 Å². The minimum Gasteiger partial charge on any atom is -0.394 e. The van der Waals surface area contributed by atoms with Gasteiger partial charge in [-0.1, -0.05) is 157 Å². The van der Waals surface area contributed by atoms with Gasteiger partial charge < -0.3 is 25.7 Å². The Labute approximate surface area is 275 Å². The van der Waals surface area contributed by atoms with Crippen molar-refractivity contribution in [3.63, 3.8) is 0 Å². The molecule has 0 spiro atoms. The van der Waals surface area contributed by atoms with Gasteiger partial charge in [-0.05, 0) is 44.9 Å². The van der Waals surface area contributed by atoms with Gasteiger partial charge >= 0.3 is 0 Å². The highest BCUT2D eigenvalue weighted by molar-refractivity contribution is 5.76. The van der Waals surface area contributed by atoms with Crippen LogP contribution in [0.15, 0.2) is 85.1 Å². The van der Waals surface area contributed by atoms with Gasteiger partial charge in [0.15, 0.2) is 0 Å². The Balaban J connectivity index is 4.02. The monoisotopic (exact) mass is 627 g/mol. The van der Waals surface area contributed by atoms with E-state index >= 15 is 0 Å². The van der Waals surface area contributed by atoms with Crippen molar-refractivity contribution in [1.82, 2.24) is 5.32 Å². The van der Waals surface area contributed by atoms with Gasteiger partial charge in [0.05, 0.1) is 31.0 Å². The van der Waals surface area contributed by atoms with Crippen LogP contribution < -0.4 is 5.32 Å². The molecule has 0 rings (SSSR count). The minimum absolute atomic E-state index is 0.208. The SMILES string of the molecule is CC/C=C\C[C@H](O)/C=C/C=C\C/C=C\C=C\[C@H](O)/C=C\CCCC(=O)N[C@@H](CO)[C@H](O)/C=C/CCCCCCCCCCCC. The zero-order valence-electron chi connectivity index (χ0n) is 28.3. The number of aliphatic hydroxyl groups excluding tert-OH is 4. The van der Waals surface area contributed by atoms with Gasteiger partial charge in [-0.25, -0.2) is 0 Å². The molecule has 0 unspecified atom stereocenters. The first-order valence-electron chi connectivity index (χ1n) is 17.5. The second kappa shape index (κ2) is 32.9. The molecule has 0 aromatic heterocycles. The molecule has 5 N–H and O–H groups in total. The molecule has 0 aliphatic carbocycles. The fraction of sp³-hybridized carbons (Fsp3) is 0.615. The lowest BCUT2D eigenvalue weighted by molar-refractivity contribution is -0.122. The van der Waals surface area contributed by atoms with Gasteiger partial charge in [0.1, 0.15) is 0 Å². The smallest absolute Gasteiger partial charge is 0.220 e. The predicted molar refractivity (Wildman–Crippen MR) is 191 cm³/mol. The van der Waals surface area contributed by atoms with E-state index in [1.807, 2.05) is 54.7 Å². The molecule has 0 aliphatic heterocycles.